The summed E-state index contributed by atoms with van der Waals surface area (Å²) in [6.07, 6.45) is 2.97. The van der Waals surface area contributed by atoms with Gasteiger partial charge in [-0.05, 0) is 19.8 Å². The highest BCUT2D eigenvalue weighted by Gasteiger charge is 2.32. The molecular weight excluding hydrogens is 162 g/mol. The van der Waals surface area contributed by atoms with Gasteiger partial charge in [-0.15, -0.1) is 0 Å². The van der Waals surface area contributed by atoms with Gasteiger partial charge in [-0.25, -0.2) is 0 Å². The van der Waals surface area contributed by atoms with Gasteiger partial charge in [-0.1, -0.05) is 20.8 Å². The summed E-state index contributed by atoms with van der Waals surface area (Å²) in [7, 11) is 0. The summed E-state index contributed by atoms with van der Waals surface area (Å²) in [4.78, 5) is 2.48. The van der Waals surface area contributed by atoms with Crippen molar-refractivity contribution in [1.29, 1.82) is 0 Å². The smallest absolute Gasteiger partial charge is 0.115 e. The summed E-state index contributed by atoms with van der Waals surface area (Å²) < 4.78 is 5.82. The zero-order chi connectivity index (χ0) is 9.90. The maximum Gasteiger partial charge on any atom is 0.115 e. The Hall–Kier alpha value is -0.0800. The molecule has 13 heavy (non-hydrogen) atoms. The molecule has 0 spiro atoms. The molecule has 1 atom stereocenters. The number of ether oxygens (including phenoxy) is 1. The summed E-state index contributed by atoms with van der Waals surface area (Å²) >= 11 is 0. The van der Waals surface area contributed by atoms with E-state index in [0.717, 1.165) is 6.61 Å². The van der Waals surface area contributed by atoms with Crippen molar-refractivity contribution in [2.45, 2.75) is 46.8 Å². The Morgan fingerprint density at radius 3 is 2.15 bits per heavy atom. The fourth-order valence-electron chi connectivity index (χ4n) is 2.04. The van der Waals surface area contributed by atoms with Crippen molar-refractivity contribution in [3.8, 4) is 0 Å². The second-order valence-electron chi connectivity index (χ2n) is 4.92. The first-order valence-corrected chi connectivity index (χ1v) is 5.41. The van der Waals surface area contributed by atoms with Gasteiger partial charge in [-0.3, -0.25) is 4.90 Å². The third-order valence-electron chi connectivity index (χ3n) is 2.54. The highest BCUT2D eigenvalue weighted by molar-refractivity contribution is 4.79. The second-order valence-corrected chi connectivity index (χ2v) is 4.92. The Bertz CT molecular complexity index is 145. The van der Waals surface area contributed by atoms with Crippen LogP contribution in [0.5, 0.6) is 0 Å². The molecule has 0 amide bonds. The Balaban J connectivity index is 2.55. The van der Waals surface area contributed by atoms with Crippen LogP contribution in [0.15, 0.2) is 0 Å². The van der Waals surface area contributed by atoms with E-state index in [1.165, 1.54) is 25.9 Å². The van der Waals surface area contributed by atoms with Gasteiger partial charge in [0, 0.05) is 25.1 Å². The average Bonchev–Trinajstić information content (AvgIpc) is 2.49. The summed E-state index contributed by atoms with van der Waals surface area (Å²) in [5, 5.41) is 0. The quantitative estimate of drug-likeness (QED) is 0.670. The van der Waals surface area contributed by atoms with E-state index in [-0.39, 0.29) is 5.41 Å². The molecule has 0 aromatic carbocycles. The van der Waals surface area contributed by atoms with E-state index >= 15 is 0 Å². The zero-order valence-corrected chi connectivity index (χ0v) is 9.47. The van der Waals surface area contributed by atoms with Crippen LogP contribution in [0.2, 0.25) is 0 Å². The summed E-state index contributed by atoms with van der Waals surface area (Å²) in [5.41, 5.74) is 0.236. The largest absolute Gasteiger partial charge is 0.363 e. The molecule has 1 rings (SSSR count). The lowest BCUT2D eigenvalue weighted by Crippen LogP contribution is -2.44. The van der Waals surface area contributed by atoms with Gasteiger partial charge in [0.1, 0.15) is 6.23 Å². The topological polar surface area (TPSA) is 12.5 Å². The minimum absolute atomic E-state index is 0.236. The maximum atomic E-state index is 5.82. The Labute approximate surface area is 82.3 Å². The minimum atomic E-state index is 0.236. The van der Waals surface area contributed by atoms with Crippen molar-refractivity contribution in [3.63, 3.8) is 0 Å². The average molecular weight is 185 g/mol. The van der Waals surface area contributed by atoms with Crippen LogP contribution in [0.25, 0.3) is 0 Å². The van der Waals surface area contributed by atoms with Crippen molar-refractivity contribution in [3.05, 3.63) is 0 Å². The van der Waals surface area contributed by atoms with E-state index in [0.29, 0.717) is 6.23 Å². The molecule has 2 heteroatoms. The summed E-state index contributed by atoms with van der Waals surface area (Å²) in [6, 6.07) is 0. The molecule has 0 aromatic heterocycles. The molecule has 1 saturated heterocycles. The number of hydrogen-bond donors (Lipinski definition) is 0. The summed E-state index contributed by atoms with van der Waals surface area (Å²) in [5.74, 6) is 0. The number of hydrogen-bond acceptors (Lipinski definition) is 2. The number of nitrogens with zero attached hydrogens (tertiary/aromatic N) is 1. The molecule has 0 bridgehead atoms. The van der Waals surface area contributed by atoms with Crippen molar-refractivity contribution in [2.75, 3.05) is 19.7 Å². The maximum absolute atomic E-state index is 5.82. The highest BCUT2D eigenvalue weighted by Crippen LogP contribution is 2.27. The molecule has 2 nitrogen and oxygen atoms in total. The molecular formula is C11H23NO. The molecule has 0 N–H and O–H groups in total. The van der Waals surface area contributed by atoms with Crippen LogP contribution in [0.3, 0.4) is 0 Å². The minimum Gasteiger partial charge on any atom is -0.363 e. The van der Waals surface area contributed by atoms with E-state index < -0.39 is 0 Å². The lowest BCUT2D eigenvalue weighted by atomic mass is 9.93. The third-order valence-corrected chi connectivity index (χ3v) is 2.54. The first kappa shape index (κ1) is 11.0. The molecule has 1 aliphatic rings. The highest BCUT2D eigenvalue weighted by atomic mass is 16.5. The molecule has 0 radical (unpaired) electrons. The number of likely N-dealkylation sites (tertiary alicyclic amines) is 1. The van der Waals surface area contributed by atoms with Gasteiger partial charge in [0.25, 0.3) is 0 Å². The van der Waals surface area contributed by atoms with E-state index in [9.17, 15) is 0 Å². The van der Waals surface area contributed by atoms with Gasteiger partial charge < -0.3 is 4.74 Å². The predicted octanol–water partition coefficient (Wildman–Crippen LogP) is 2.49. The molecule has 0 saturated carbocycles. The SMILES string of the molecule is CCOC(N1CCCC1)C(C)(C)C. The van der Waals surface area contributed by atoms with Crippen LogP contribution < -0.4 is 0 Å². The van der Waals surface area contributed by atoms with Gasteiger partial charge in [0.2, 0.25) is 0 Å². The lowest BCUT2D eigenvalue weighted by Gasteiger charge is -2.37. The van der Waals surface area contributed by atoms with Crippen LogP contribution >= 0.6 is 0 Å². The third kappa shape index (κ3) is 2.96. The standard InChI is InChI=1S/C11H23NO/c1-5-13-10(11(2,3)4)12-8-6-7-9-12/h10H,5-9H2,1-4H3. The summed E-state index contributed by atoms with van der Waals surface area (Å²) in [6.45, 7) is 12.1. The van der Waals surface area contributed by atoms with Crippen LogP contribution in [0.4, 0.5) is 0 Å². The molecule has 78 valence electrons. The van der Waals surface area contributed by atoms with Gasteiger partial charge in [0.15, 0.2) is 0 Å². The Morgan fingerprint density at radius 1 is 1.23 bits per heavy atom. The van der Waals surface area contributed by atoms with Crippen molar-refractivity contribution < 1.29 is 4.74 Å². The molecule has 1 unspecified atom stereocenters. The van der Waals surface area contributed by atoms with Crippen LogP contribution in [0.1, 0.15) is 40.5 Å². The normalized spacial score (nSPS) is 22.2. The van der Waals surface area contributed by atoms with Gasteiger partial charge >= 0.3 is 0 Å². The molecule has 0 aromatic rings. The predicted molar refractivity (Wildman–Crippen MR) is 55.7 cm³/mol. The van der Waals surface area contributed by atoms with Crippen molar-refractivity contribution in [1.82, 2.24) is 4.90 Å². The molecule has 1 aliphatic heterocycles. The van der Waals surface area contributed by atoms with E-state index in [1.54, 1.807) is 0 Å². The van der Waals surface area contributed by atoms with Gasteiger partial charge in [-0.2, -0.15) is 0 Å². The number of rotatable bonds is 3. The van der Waals surface area contributed by atoms with Crippen LogP contribution in [-0.2, 0) is 4.74 Å². The second kappa shape index (κ2) is 4.43. The van der Waals surface area contributed by atoms with E-state index in [2.05, 4.69) is 32.6 Å². The molecule has 1 fully saturated rings. The fourth-order valence-corrected chi connectivity index (χ4v) is 2.04. The lowest BCUT2D eigenvalue weighted by molar-refractivity contribution is -0.107. The first-order chi connectivity index (χ1) is 6.05. The zero-order valence-electron chi connectivity index (χ0n) is 9.47. The Morgan fingerprint density at radius 2 is 1.77 bits per heavy atom. The van der Waals surface area contributed by atoms with Crippen molar-refractivity contribution >= 4 is 0 Å². The van der Waals surface area contributed by atoms with Crippen molar-refractivity contribution in [2.24, 2.45) is 5.41 Å². The fraction of sp³-hybridized carbons (Fsp3) is 1.00. The molecule has 0 aliphatic carbocycles. The van der Waals surface area contributed by atoms with E-state index in [4.69, 9.17) is 4.74 Å². The van der Waals surface area contributed by atoms with Gasteiger partial charge in [0.05, 0.1) is 0 Å². The van der Waals surface area contributed by atoms with Crippen LogP contribution in [0, 0.1) is 5.41 Å². The first-order valence-electron chi connectivity index (χ1n) is 5.41. The van der Waals surface area contributed by atoms with Crippen LogP contribution in [-0.4, -0.2) is 30.8 Å². The monoisotopic (exact) mass is 185 g/mol. The Kier molecular flexibility index (Phi) is 3.74. The molecule has 1 heterocycles. The van der Waals surface area contributed by atoms with E-state index in [1.807, 2.05) is 0 Å².